The minimum Gasteiger partial charge on any atom is -0.462 e. The zero-order valence-corrected chi connectivity index (χ0v) is 13.9. The topological polar surface area (TPSA) is 68.3 Å². The van der Waals surface area contributed by atoms with E-state index < -0.39 is 5.97 Å². The van der Waals surface area contributed by atoms with Crippen LogP contribution < -0.4 is 5.32 Å². The van der Waals surface area contributed by atoms with Gasteiger partial charge in [0.1, 0.15) is 5.69 Å². The molecule has 1 heterocycles. The highest BCUT2D eigenvalue weighted by Gasteiger charge is 2.13. The summed E-state index contributed by atoms with van der Waals surface area (Å²) in [5, 5.41) is 5.27. The number of aromatic nitrogens is 1. The maximum absolute atomic E-state index is 12.0. The van der Waals surface area contributed by atoms with Crippen molar-refractivity contribution in [3.05, 3.63) is 44.3 Å². The first-order valence-corrected chi connectivity index (χ1v) is 7.88. The van der Waals surface area contributed by atoms with Gasteiger partial charge in [-0.15, -0.1) is 11.3 Å². The second-order valence-corrected chi connectivity index (χ2v) is 6.04. The number of nitrogens with zero attached hydrogens (tertiary/aromatic N) is 1. The number of carbonyl (C=O) groups excluding carboxylic acids is 2. The molecule has 110 valence electrons. The summed E-state index contributed by atoms with van der Waals surface area (Å²) < 4.78 is 5.53. The Morgan fingerprint density at radius 2 is 2.19 bits per heavy atom. The lowest BCUT2D eigenvalue weighted by molar-refractivity contribution is 0.0526. The molecule has 0 saturated carbocycles. The molecule has 0 aliphatic rings. The largest absolute Gasteiger partial charge is 0.462 e. The van der Waals surface area contributed by atoms with Crippen molar-refractivity contribution in [3.8, 4) is 0 Å². The lowest BCUT2D eigenvalue weighted by atomic mass is 10.2. The van der Waals surface area contributed by atoms with E-state index in [1.807, 2.05) is 6.92 Å². The van der Waals surface area contributed by atoms with E-state index in [-0.39, 0.29) is 5.91 Å². The molecule has 0 aliphatic carbocycles. The van der Waals surface area contributed by atoms with Crippen molar-refractivity contribution in [1.29, 1.82) is 0 Å². The molecule has 0 fully saturated rings. The van der Waals surface area contributed by atoms with Crippen molar-refractivity contribution in [1.82, 2.24) is 4.98 Å². The maximum atomic E-state index is 12.0. The lowest BCUT2D eigenvalue weighted by Gasteiger charge is -2.08. The van der Waals surface area contributed by atoms with Gasteiger partial charge in [-0.25, -0.2) is 9.78 Å². The van der Waals surface area contributed by atoms with Crippen molar-refractivity contribution in [2.75, 3.05) is 11.9 Å². The number of hydrogen-bond donors (Lipinski definition) is 1. The minimum atomic E-state index is -0.397. The third kappa shape index (κ3) is 3.89. The first kappa shape index (κ1) is 15.7. The Bertz CT molecular complexity index is 685. The zero-order valence-electron chi connectivity index (χ0n) is 11.5. The van der Waals surface area contributed by atoms with E-state index in [1.54, 1.807) is 30.5 Å². The summed E-state index contributed by atoms with van der Waals surface area (Å²) in [6.45, 7) is 3.90. The predicted molar refractivity (Wildman–Crippen MR) is 84.9 cm³/mol. The highest BCUT2D eigenvalue weighted by Crippen LogP contribution is 2.25. The van der Waals surface area contributed by atoms with Crippen LogP contribution in [0.1, 0.15) is 32.8 Å². The molecule has 0 aliphatic heterocycles. The number of hydrogen-bond acceptors (Lipinski definition) is 5. The fraction of sp³-hybridized carbons (Fsp3) is 0.214. The number of halogens is 1. The van der Waals surface area contributed by atoms with Crippen molar-refractivity contribution >= 4 is 44.8 Å². The Hall–Kier alpha value is -1.73. The van der Waals surface area contributed by atoms with Crippen LogP contribution in [0.3, 0.4) is 0 Å². The van der Waals surface area contributed by atoms with Gasteiger partial charge in [-0.3, -0.25) is 4.79 Å². The number of ether oxygens (including phenoxy) is 1. The van der Waals surface area contributed by atoms with E-state index in [0.29, 0.717) is 28.0 Å². The second-order valence-electron chi connectivity index (χ2n) is 4.12. The monoisotopic (exact) mass is 368 g/mol. The maximum Gasteiger partial charge on any atom is 0.338 e. The third-order valence-corrected chi connectivity index (χ3v) is 4.01. The summed E-state index contributed by atoms with van der Waals surface area (Å²) in [5.41, 5.74) is 1.36. The van der Waals surface area contributed by atoms with Crippen molar-refractivity contribution < 1.29 is 14.3 Å². The van der Waals surface area contributed by atoms with E-state index in [1.165, 1.54) is 11.3 Å². The van der Waals surface area contributed by atoms with E-state index >= 15 is 0 Å². The standard InChI is InChI=1S/C14H13BrN2O3S/c1-3-20-14(19)9-4-5-11(10(15)6-9)17-13(18)12-7-21-8(2)16-12/h4-7H,3H2,1-2H3,(H,17,18). The molecule has 0 spiro atoms. The number of nitrogens with one attached hydrogen (secondary N) is 1. The average Bonchev–Trinajstić information content (AvgIpc) is 2.88. The molecule has 0 radical (unpaired) electrons. The summed E-state index contributed by atoms with van der Waals surface area (Å²) in [7, 11) is 0. The van der Waals surface area contributed by atoms with E-state index in [4.69, 9.17) is 4.74 Å². The van der Waals surface area contributed by atoms with Gasteiger partial charge >= 0.3 is 5.97 Å². The summed E-state index contributed by atoms with van der Waals surface area (Å²) >= 11 is 4.75. The van der Waals surface area contributed by atoms with Gasteiger partial charge in [-0.1, -0.05) is 0 Å². The number of benzene rings is 1. The molecule has 1 aromatic carbocycles. The Morgan fingerprint density at radius 3 is 2.76 bits per heavy atom. The molecule has 1 aromatic heterocycles. The molecule has 1 N–H and O–H groups in total. The van der Waals surface area contributed by atoms with Crippen LogP contribution in [0.4, 0.5) is 5.69 Å². The number of aryl methyl sites for hydroxylation is 1. The van der Waals surface area contributed by atoms with Crippen LogP contribution in [0.25, 0.3) is 0 Å². The Balaban J connectivity index is 2.14. The molecule has 0 bridgehead atoms. The highest BCUT2D eigenvalue weighted by atomic mass is 79.9. The van der Waals surface area contributed by atoms with E-state index in [9.17, 15) is 9.59 Å². The van der Waals surface area contributed by atoms with E-state index in [0.717, 1.165) is 5.01 Å². The number of anilines is 1. The Labute approximate surface area is 134 Å². The second kappa shape index (κ2) is 6.82. The van der Waals surface area contributed by atoms with Crippen molar-refractivity contribution in [3.63, 3.8) is 0 Å². The van der Waals surface area contributed by atoms with Crippen LogP contribution in [0.2, 0.25) is 0 Å². The van der Waals surface area contributed by atoms with Gasteiger partial charge in [0.15, 0.2) is 0 Å². The smallest absolute Gasteiger partial charge is 0.338 e. The molecule has 1 amide bonds. The molecule has 21 heavy (non-hydrogen) atoms. The Kier molecular flexibility index (Phi) is 5.08. The first-order chi connectivity index (χ1) is 10.0. The normalized spacial score (nSPS) is 10.2. The molecule has 2 aromatic rings. The molecule has 2 rings (SSSR count). The van der Waals surface area contributed by atoms with Crippen LogP contribution in [0.5, 0.6) is 0 Å². The summed E-state index contributed by atoms with van der Waals surface area (Å²) in [5.74, 6) is -0.685. The average molecular weight is 369 g/mol. The molecule has 0 atom stereocenters. The molecule has 5 nitrogen and oxygen atoms in total. The molecule has 0 unspecified atom stereocenters. The van der Waals surface area contributed by atoms with Crippen molar-refractivity contribution in [2.45, 2.75) is 13.8 Å². The predicted octanol–water partition coefficient (Wildman–Crippen LogP) is 3.64. The summed E-state index contributed by atoms with van der Waals surface area (Å²) in [4.78, 5) is 27.8. The number of carbonyl (C=O) groups is 2. The minimum absolute atomic E-state index is 0.288. The fourth-order valence-electron chi connectivity index (χ4n) is 1.61. The van der Waals surface area contributed by atoms with Crippen LogP contribution >= 0.6 is 27.3 Å². The van der Waals surface area contributed by atoms with E-state index in [2.05, 4.69) is 26.2 Å². The third-order valence-electron chi connectivity index (χ3n) is 2.58. The molecular weight excluding hydrogens is 356 g/mol. The SMILES string of the molecule is CCOC(=O)c1ccc(NC(=O)c2csc(C)n2)c(Br)c1. The lowest BCUT2D eigenvalue weighted by Crippen LogP contribution is -2.13. The number of rotatable bonds is 4. The number of esters is 1. The first-order valence-electron chi connectivity index (χ1n) is 6.21. The van der Waals surface area contributed by atoms with Crippen LogP contribution in [0, 0.1) is 6.92 Å². The molecular formula is C14H13BrN2O3S. The quantitative estimate of drug-likeness (QED) is 0.836. The Morgan fingerprint density at radius 1 is 1.43 bits per heavy atom. The van der Waals surface area contributed by atoms with Gasteiger partial charge in [0.25, 0.3) is 5.91 Å². The van der Waals surface area contributed by atoms with Gasteiger partial charge in [-0.2, -0.15) is 0 Å². The van der Waals surface area contributed by atoms with Gasteiger partial charge in [0, 0.05) is 9.85 Å². The van der Waals surface area contributed by atoms with Gasteiger partial charge in [0.05, 0.1) is 22.9 Å². The number of amides is 1. The van der Waals surface area contributed by atoms with Crippen LogP contribution in [-0.4, -0.2) is 23.5 Å². The van der Waals surface area contributed by atoms with Gasteiger partial charge in [0.2, 0.25) is 0 Å². The zero-order chi connectivity index (χ0) is 15.4. The van der Waals surface area contributed by atoms with Crippen LogP contribution in [0.15, 0.2) is 28.1 Å². The number of thiazole rings is 1. The molecule has 0 saturated heterocycles. The van der Waals surface area contributed by atoms with Crippen molar-refractivity contribution in [2.24, 2.45) is 0 Å². The fourth-order valence-corrected chi connectivity index (χ4v) is 2.68. The van der Waals surface area contributed by atoms with Gasteiger partial charge in [-0.05, 0) is 48.0 Å². The van der Waals surface area contributed by atoms with Gasteiger partial charge < -0.3 is 10.1 Å². The summed E-state index contributed by atoms with van der Waals surface area (Å²) in [6.07, 6.45) is 0. The summed E-state index contributed by atoms with van der Waals surface area (Å²) in [6, 6.07) is 4.86. The molecule has 7 heteroatoms. The van der Waals surface area contributed by atoms with Crippen LogP contribution in [-0.2, 0) is 4.74 Å². The highest BCUT2D eigenvalue weighted by molar-refractivity contribution is 9.10.